The molecule has 1 aromatic carbocycles. The van der Waals surface area contributed by atoms with Crippen LogP contribution < -0.4 is 4.74 Å². The summed E-state index contributed by atoms with van der Waals surface area (Å²) in [5, 5.41) is 9.12. The van der Waals surface area contributed by atoms with Crippen LogP contribution >= 0.6 is 0 Å². The Morgan fingerprint density at radius 1 is 1.42 bits per heavy atom. The summed E-state index contributed by atoms with van der Waals surface area (Å²) in [4.78, 5) is 11.9. The number of halogens is 1. The fourth-order valence-electron chi connectivity index (χ4n) is 1.57. The van der Waals surface area contributed by atoms with Crippen LogP contribution in [0.25, 0.3) is 0 Å². The summed E-state index contributed by atoms with van der Waals surface area (Å²) in [6.45, 7) is 5.04. The van der Waals surface area contributed by atoms with E-state index in [9.17, 15) is 9.18 Å². The summed E-state index contributed by atoms with van der Waals surface area (Å²) in [5.41, 5.74) is -0.841. The van der Waals surface area contributed by atoms with Gasteiger partial charge in [-0.3, -0.25) is 4.79 Å². The van der Waals surface area contributed by atoms with Crippen LogP contribution in [0.4, 0.5) is 4.39 Å². The molecule has 0 saturated carbocycles. The first kappa shape index (κ1) is 15.0. The summed E-state index contributed by atoms with van der Waals surface area (Å²) in [6, 6.07) is 5.87. The van der Waals surface area contributed by atoms with Gasteiger partial charge in [0.15, 0.2) is 5.92 Å². The van der Waals surface area contributed by atoms with Gasteiger partial charge in [-0.15, -0.1) is 0 Å². The second-order valence-electron chi connectivity index (χ2n) is 4.95. The van der Waals surface area contributed by atoms with Gasteiger partial charge in [-0.1, -0.05) is 6.07 Å². The molecular weight excluding hydrogens is 249 g/mol. The number of benzene rings is 1. The zero-order chi connectivity index (χ0) is 14.6. The van der Waals surface area contributed by atoms with E-state index in [1.807, 2.05) is 0 Å². The number of carbonyl (C=O) groups is 1. The molecule has 0 saturated heterocycles. The van der Waals surface area contributed by atoms with Gasteiger partial charge < -0.3 is 9.47 Å². The number of hydrogen-bond donors (Lipinski definition) is 0. The molecule has 1 unspecified atom stereocenters. The van der Waals surface area contributed by atoms with E-state index in [1.165, 1.54) is 25.3 Å². The van der Waals surface area contributed by atoms with Crippen LogP contribution in [0.15, 0.2) is 18.2 Å². The first-order valence-corrected chi connectivity index (χ1v) is 5.75. The molecule has 0 aliphatic heterocycles. The van der Waals surface area contributed by atoms with Crippen molar-refractivity contribution in [2.75, 3.05) is 7.11 Å². The Hall–Kier alpha value is -2.09. The third kappa shape index (κ3) is 3.68. The molecule has 1 rings (SSSR count). The van der Waals surface area contributed by atoms with Crippen LogP contribution in [0, 0.1) is 17.1 Å². The second kappa shape index (κ2) is 5.70. The van der Waals surface area contributed by atoms with Crippen molar-refractivity contribution >= 4 is 5.97 Å². The van der Waals surface area contributed by atoms with Gasteiger partial charge >= 0.3 is 5.97 Å². The number of nitriles is 1. The van der Waals surface area contributed by atoms with Crippen molar-refractivity contribution in [1.29, 1.82) is 5.26 Å². The van der Waals surface area contributed by atoms with Crippen molar-refractivity contribution in [3.05, 3.63) is 29.6 Å². The second-order valence-corrected chi connectivity index (χ2v) is 4.95. The summed E-state index contributed by atoms with van der Waals surface area (Å²) < 4.78 is 23.9. The summed E-state index contributed by atoms with van der Waals surface area (Å²) in [7, 11) is 1.35. The van der Waals surface area contributed by atoms with Crippen LogP contribution in [0.5, 0.6) is 5.75 Å². The quantitative estimate of drug-likeness (QED) is 0.788. The molecule has 0 fully saturated rings. The lowest BCUT2D eigenvalue weighted by molar-refractivity contribution is -0.155. The average molecular weight is 265 g/mol. The third-order valence-electron chi connectivity index (χ3n) is 2.29. The standard InChI is InChI=1S/C14H16FNO3/c1-14(2,3)19-13(17)9(8-16)12-10(15)6-5-7-11(12)18-4/h5-7,9H,1-4H3. The maximum atomic E-state index is 13.8. The molecule has 1 aromatic rings. The maximum absolute atomic E-state index is 13.8. The predicted octanol–water partition coefficient (Wildman–Crippen LogP) is 2.78. The number of carbonyl (C=O) groups excluding carboxylic acids is 1. The van der Waals surface area contributed by atoms with Crippen LogP contribution in [0.1, 0.15) is 32.3 Å². The van der Waals surface area contributed by atoms with Crippen LogP contribution in [-0.2, 0) is 9.53 Å². The third-order valence-corrected chi connectivity index (χ3v) is 2.29. The SMILES string of the molecule is COc1cccc(F)c1C(C#N)C(=O)OC(C)(C)C. The molecule has 0 bridgehead atoms. The molecule has 0 amide bonds. The fraction of sp³-hybridized carbons (Fsp3) is 0.429. The zero-order valence-corrected chi connectivity index (χ0v) is 11.4. The number of rotatable bonds is 3. The molecule has 0 aliphatic carbocycles. The Morgan fingerprint density at radius 2 is 2.05 bits per heavy atom. The van der Waals surface area contributed by atoms with Gasteiger partial charge in [0.25, 0.3) is 0 Å². The highest BCUT2D eigenvalue weighted by molar-refractivity contribution is 5.82. The van der Waals surface area contributed by atoms with E-state index >= 15 is 0 Å². The Kier molecular flexibility index (Phi) is 4.49. The van der Waals surface area contributed by atoms with Crippen molar-refractivity contribution in [1.82, 2.24) is 0 Å². The van der Waals surface area contributed by atoms with Crippen LogP contribution in [0.2, 0.25) is 0 Å². The molecular formula is C14H16FNO3. The number of ether oxygens (including phenoxy) is 2. The number of esters is 1. The molecule has 0 aliphatic rings. The molecule has 102 valence electrons. The highest BCUT2D eigenvalue weighted by Crippen LogP contribution is 2.30. The minimum absolute atomic E-state index is 0.0956. The topological polar surface area (TPSA) is 59.3 Å². The summed E-state index contributed by atoms with van der Waals surface area (Å²) >= 11 is 0. The van der Waals surface area contributed by atoms with E-state index in [-0.39, 0.29) is 11.3 Å². The molecule has 1 atom stereocenters. The lowest BCUT2D eigenvalue weighted by Gasteiger charge is -2.22. The molecule has 4 nitrogen and oxygen atoms in total. The largest absolute Gasteiger partial charge is 0.496 e. The van der Waals surface area contributed by atoms with Gasteiger partial charge in [0, 0.05) is 0 Å². The summed E-state index contributed by atoms with van der Waals surface area (Å²) in [6.07, 6.45) is 0. The van der Waals surface area contributed by atoms with Gasteiger partial charge in [0.1, 0.15) is 17.2 Å². The van der Waals surface area contributed by atoms with E-state index in [4.69, 9.17) is 14.7 Å². The van der Waals surface area contributed by atoms with E-state index in [1.54, 1.807) is 26.8 Å². The van der Waals surface area contributed by atoms with E-state index < -0.39 is 23.3 Å². The molecule has 0 radical (unpaired) electrons. The molecule has 0 N–H and O–H groups in total. The Morgan fingerprint density at radius 3 is 2.53 bits per heavy atom. The van der Waals surface area contributed by atoms with Crippen molar-refractivity contribution in [3.63, 3.8) is 0 Å². The molecule has 0 spiro atoms. The normalized spacial score (nSPS) is 12.4. The number of hydrogen-bond acceptors (Lipinski definition) is 4. The van der Waals surface area contributed by atoms with Gasteiger partial charge in [-0.25, -0.2) is 4.39 Å². The van der Waals surface area contributed by atoms with Gasteiger partial charge in [0.2, 0.25) is 0 Å². The van der Waals surface area contributed by atoms with Crippen molar-refractivity contribution in [2.45, 2.75) is 32.3 Å². The minimum atomic E-state index is -1.35. The fourth-order valence-corrected chi connectivity index (χ4v) is 1.57. The minimum Gasteiger partial charge on any atom is -0.496 e. The highest BCUT2D eigenvalue weighted by Gasteiger charge is 2.31. The van der Waals surface area contributed by atoms with Crippen molar-refractivity contribution in [2.24, 2.45) is 0 Å². The number of methoxy groups -OCH3 is 1. The van der Waals surface area contributed by atoms with Gasteiger partial charge in [-0.2, -0.15) is 5.26 Å². The first-order valence-electron chi connectivity index (χ1n) is 5.75. The maximum Gasteiger partial charge on any atom is 0.328 e. The van der Waals surface area contributed by atoms with E-state index in [2.05, 4.69) is 0 Å². The molecule has 5 heteroatoms. The van der Waals surface area contributed by atoms with Gasteiger partial charge in [0.05, 0.1) is 18.7 Å². The van der Waals surface area contributed by atoms with Crippen molar-refractivity contribution < 1.29 is 18.7 Å². The molecule has 0 heterocycles. The zero-order valence-electron chi connectivity index (χ0n) is 11.4. The van der Waals surface area contributed by atoms with E-state index in [0.29, 0.717) is 0 Å². The Balaban J connectivity index is 3.19. The highest BCUT2D eigenvalue weighted by atomic mass is 19.1. The van der Waals surface area contributed by atoms with Crippen LogP contribution in [-0.4, -0.2) is 18.7 Å². The smallest absolute Gasteiger partial charge is 0.328 e. The molecule has 19 heavy (non-hydrogen) atoms. The van der Waals surface area contributed by atoms with Crippen LogP contribution in [0.3, 0.4) is 0 Å². The van der Waals surface area contributed by atoms with Crippen molar-refractivity contribution in [3.8, 4) is 11.8 Å². The first-order chi connectivity index (χ1) is 8.80. The van der Waals surface area contributed by atoms with Gasteiger partial charge in [-0.05, 0) is 32.9 Å². The number of nitrogens with zero attached hydrogens (tertiary/aromatic N) is 1. The summed E-state index contributed by atoms with van der Waals surface area (Å²) in [5.74, 6) is -2.66. The van der Waals surface area contributed by atoms with E-state index in [0.717, 1.165) is 0 Å². The average Bonchev–Trinajstić information content (AvgIpc) is 2.29. The Bertz CT molecular complexity index is 514. The lowest BCUT2D eigenvalue weighted by atomic mass is 9.98. The Labute approximate surface area is 111 Å². The molecule has 0 aromatic heterocycles. The monoisotopic (exact) mass is 265 g/mol. The lowest BCUT2D eigenvalue weighted by Crippen LogP contribution is -2.27. The predicted molar refractivity (Wildman–Crippen MR) is 67.2 cm³/mol.